The summed E-state index contributed by atoms with van der Waals surface area (Å²) in [5, 5.41) is 0.709. The van der Waals surface area contributed by atoms with Crippen molar-refractivity contribution in [2.24, 2.45) is 0 Å². The lowest BCUT2D eigenvalue weighted by Gasteiger charge is -2.31. The van der Waals surface area contributed by atoms with Gasteiger partial charge in [0.2, 0.25) is 16.0 Å². The first-order valence-electron chi connectivity index (χ1n) is 13.3. The Morgan fingerprint density at radius 2 is 1.86 bits per heavy atom. The Hall–Kier alpha value is -2.56. The second kappa shape index (κ2) is 11.4. The van der Waals surface area contributed by atoms with Crippen LogP contribution in [0.5, 0.6) is 5.19 Å². The van der Waals surface area contributed by atoms with Gasteiger partial charge in [0, 0.05) is 51.4 Å². The molecule has 5 rings (SSSR count). The smallest absolute Gasteiger partial charge is 0.274 e. The summed E-state index contributed by atoms with van der Waals surface area (Å²) >= 11 is 1.58. The van der Waals surface area contributed by atoms with Crippen LogP contribution >= 0.6 is 11.3 Å². The average Bonchev–Trinajstić information content (AvgIpc) is 3.31. The predicted octanol–water partition coefficient (Wildman–Crippen LogP) is 4.92. The maximum atomic E-state index is 12.4. The van der Waals surface area contributed by atoms with Crippen molar-refractivity contribution in [1.82, 2.24) is 19.3 Å². The molecule has 1 saturated heterocycles. The number of nitrogens with zero attached hydrogens (tertiary/aromatic N) is 5. The van der Waals surface area contributed by atoms with Gasteiger partial charge in [0.15, 0.2) is 0 Å². The number of rotatable bonds is 9. The lowest BCUT2D eigenvalue weighted by molar-refractivity contribution is 0.170. The van der Waals surface area contributed by atoms with Crippen molar-refractivity contribution in [3.05, 3.63) is 47.8 Å². The Bertz CT molecular complexity index is 1350. The molecule has 0 unspecified atom stereocenters. The highest BCUT2D eigenvalue weighted by atomic mass is 32.2. The maximum absolute atomic E-state index is 12.4. The minimum absolute atomic E-state index is 0.132. The van der Waals surface area contributed by atoms with E-state index in [0.717, 1.165) is 66.9 Å². The summed E-state index contributed by atoms with van der Waals surface area (Å²) in [5.74, 6) is 1.01. The van der Waals surface area contributed by atoms with Gasteiger partial charge in [-0.25, -0.2) is 23.4 Å². The lowest BCUT2D eigenvalue weighted by Crippen LogP contribution is -2.39. The molecule has 2 aromatic heterocycles. The number of ether oxygens (including phenoxy) is 1. The molecule has 8 nitrogen and oxygen atoms in total. The molecule has 0 amide bonds. The fourth-order valence-electron chi connectivity index (χ4n) is 4.95. The number of aromatic nitrogens is 3. The minimum atomic E-state index is -3.15. The normalized spacial score (nSPS) is 17.8. The van der Waals surface area contributed by atoms with Crippen LogP contribution in [0.25, 0.3) is 15.8 Å². The van der Waals surface area contributed by atoms with Crippen LogP contribution in [0.4, 0.5) is 5.95 Å². The lowest BCUT2D eigenvalue weighted by atomic mass is 10.0. The molecule has 0 saturated carbocycles. The van der Waals surface area contributed by atoms with Gasteiger partial charge in [0.1, 0.15) is 6.10 Å². The van der Waals surface area contributed by atoms with Crippen molar-refractivity contribution in [1.29, 1.82) is 0 Å². The standard InChI is InChI=1S/C27H35N5O3S2/c1-3-5-20-18-28-26(29-19-20)31-12-10-23(11-13-31)35-27-30-24-7-6-22(17-25(24)36-27)21-8-14-32(15-9-21)37(33,34)16-4-2/h6-8,17-19,23H,3-5,9-16H2,1-2H3. The minimum Gasteiger partial charge on any atom is -0.467 e. The van der Waals surface area contributed by atoms with E-state index in [0.29, 0.717) is 24.7 Å². The van der Waals surface area contributed by atoms with Gasteiger partial charge in [0.25, 0.3) is 5.19 Å². The Morgan fingerprint density at radius 1 is 1.08 bits per heavy atom. The molecular weight excluding hydrogens is 506 g/mol. The third kappa shape index (κ3) is 6.13. The van der Waals surface area contributed by atoms with Crippen LogP contribution in [-0.4, -0.2) is 65.7 Å². The number of sulfonamides is 1. The number of fused-ring (bicyclic) bond motifs is 1. The molecule has 0 bridgehead atoms. The highest BCUT2D eigenvalue weighted by Crippen LogP contribution is 2.33. The van der Waals surface area contributed by atoms with Crippen molar-refractivity contribution < 1.29 is 13.2 Å². The van der Waals surface area contributed by atoms with E-state index in [1.807, 2.05) is 31.5 Å². The van der Waals surface area contributed by atoms with Crippen LogP contribution in [0.1, 0.15) is 57.1 Å². The summed E-state index contributed by atoms with van der Waals surface area (Å²) in [6.07, 6.45) is 11.4. The molecule has 4 heterocycles. The van der Waals surface area contributed by atoms with E-state index in [2.05, 4.69) is 33.9 Å². The highest BCUT2D eigenvalue weighted by Gasteiger charge is 2.25. The van der Waals surface area contributed by atoms with E-state index in [9.17, 15) is 8.42 Å². The Kier molecular flexibility index (Phi) is 8.07. The van der Waals surface area contributed by atoms with Crippen LogP contribution in [0.3, 0.4) is 0 Å². The van der Waals surface area contributed by atoms with Gasteiger partial charge >= 0.3 is 0 Å². The molecule has 0 atom stereocenters. The van der Waals surface area contributed by atoms with Crippen molar-refractivity contribution in [2.45, 2.75) is 58.5 Å². The first kappa shape index (κ1) is 26.1. The molecule has 0 spiro atoms. The number of anilines is 1. The molecule has 2 aliphatic rings. The van der Waals surface area contributed by atoms with Crippen molar-refractivity contribution in [3.63, 3.8) is 0 Å². The zero-order chi connectivity index (χ0) is 25.8. The summed E-state index contributed by atoms with van der Waals surface area (Å²) in [7, 11) is -3.15. The Labute approximate surface area is 223 Å². The number of piperidine rings is 1. The van der Waals surface area contributed by atoms with Gasteiger partial charge in [-0.3, -0.25) is 0 Å². The summed E-state index contributed by atoms with van der Waals surface area (Å²) < 4.78 is 33.7. The van der Waals surface area contributed by atoms with E-state index in [4.69, 9.17) is 9.72 Å². The molecular formula is C27H35N5O3S2. The predicted molar refractivity (Wildman–Crippen MR) is 150 cm³/mol. The fourth-order valence-corrected chi connectivity index (χ4v) is 7.32. The quantitative estimate of drug-likeness (QED) is 0.380. The van der Waals surface area contributed by atoms with Gasteiger partial charge in [-0.15, -0.1) is 0 Å². The Balaban J connectivity index is 1.19. The number of benzene rings is 1. The molecule has 0 aliphatic carbocycles. The maximum Gasteiger partial charge on any atom is 0.274 e. The van der Waals surface area contributed by atoms with E-state index in [-0.39, 0.29) is 11.9 Å². The molecule has 2 aliphatic heterocycles. The third-order valence-corrected chi connectivity index (χ3v) is 9.94. The third-order valence-electron chi connectivity index (χ3n) is 6.99. The largest absolute Gasteiger partial charge is 0.467 e. The van der Waals surface area contributed by atoms with Crippen LogP contribution in [0.15, 0.2) is 36.7 Å². The van der Waals surface area contributed by atoms with Crippen LogP contribution in [0, 0.1) is 0 Å². The van der Waals surface area contributed by atoms with E-state index in [1.54, 1.807) is 15.6 Å². The van der Waals surface area contributed by atoms with Crippen molar-refractivity contribution in [3.8, 4) is 5.19 Å². The number of aryl methyl sites for hydroxylation is 1. The summed E-state index contributed by atoms with van der Waals surface area (Å²) in [6, 6.07) is 6.28. The van der Waals surface area contributed by atoms with Crippen molar-refractivity contribution >= 4 is 43.1 Å². The van der Waals surface area contributed by atoms with Crippen LogP contribution in [-0.2, 0) is 16.4 Å². The van der Waals surface area contributed by atoms with Crippen molar-refractivity contribution in [2.75, 3.05) is 36.8 Å². The second-order valence-electron chi connectivity index (χ2n) is 9.76. The van der Waals surface area contributed by atoms with Gasteiger partial charge < -0.3 is 9.64 Å². The molecule has 1 fully saturated rings. The fraction of sp³-hybridized carbons (Fsp3) is 0.519. The first-order valence-corrected chi connectivity index (χ1v) is 15.7. The second-order valence-corrected chi connectivity index (χ2v) is 12.8. The average molecular weight is 542 g/mol. The number of hydrogen-bond donors (Lipinski definition) is 0. The van der Waals surface area contributed by atoms with Gasteiger partial charge in [-0.2, -0.15) is 4.31 Å². The molecule has 1 aromatic carbocycles. The highest BCUT2D eigenvalue weighted by molar-refractivity contribution is 7.89. The Morgan fingerprint density at radius 3 is 2.54 bits per heavy atom. The van der Waals surface area contributed by atoms with Gasteiger partial charge in [0.05, 0.1) is 16.0 Å². The molecule has 10 heteroatoms. The topological polar surface area (TPSA) is 88.5 Å². The van der Waals surface area contributed by atoms with E-state index >= 15 is 0 Å². The molecule has 0 radical (unpaired) electrons. The van der Waals surface area contributed by atoms with Crippen LogP contribution < -0.4 is 9.64 Å². The first-order chi connectivity index (χ1) is 17.9. The van der Waals surface area contributed by atoms with E-state index in [1.165, 1.54) is 11.1 Å². The summed E-state index contributed by atoms with van der Waals surface area (Å²) in [6.45, 7) is 6.78. The SMILES string of the molecule is CCCc1cnc(N2CCC(Oc3nc4ccc(C5=CCN(S(=O)(=O)CCC)CC5)cc4s3)CC2)nc1. The van der Waals surface area contributed by atoms with Gasteiger partial charge in [-0.05, 0) is 48.1 Å². The monoisotopic (exact) mass is 541 g/mol. The van der Waals surface area contributed by atoms with E-state index < -0.39 is 10.0 Å². The zero-order valence-electron chi connectivity index (χ0n) is 21.6. The molecule has 37 heavy (non-hydrogen) atoms. The zero-order valence-corrected chi connectivity index (χ0v) is 23.2. The summed E-state index contributed by atoms with van der Waals surface area (Å²) in [4.78, 5) is 16.1. The molecule has 198 valence electrons. The molecule has 3 aromatic rings. The summed E-state index contributed by atoms with van der Waals surface area (Å²) in [5.41, 5.74) is 4.45. The molecule has 0 N–H and O–H groups in total. The number of hydrogen-bond acceptors (Lipinski definition) is 8. The van der Waals surface area contributed by atoms with Crippen LogP contribution in [0.2, 0.25) is 0 Å². The van der Waals surface area contributed by atoms with Gasteiger partial charge in [-0.1, -0.05) is 43.7 Å². The number of thiazole rings is 1.